The van der Waals surface area contributed by atoms with Crippen LogP contribution in [0.4, 0.5) is 4.79 Å². The zero-order chi connectivity index (χ0) is 33.1. The van der Waals surface area contributed by atoms with E-state index in [1.54, 1.807) is 32.9 Å². The second-order valence-electron chi connectivity index (χ2n) is 13.4. The van der Waals surface area contributed by atoms with Crippen molar-refractivity contribution in [2.45, 2.75) is 96.6 Å². The Morgan fingerprint density at radius 2 is 1.62 bits per heavy atom. The van der Waals surface area contributed by atoms with Crippen LogP contribution in [0.25, 0.3) is 0 Å². The van der Waals surface area contributed by atoms with Gasteiger partial charge in [0.15, 0.2) is 0 Å². The van der Waals surface area contributed by atoms with E-state index in [0.29, 0.717) is 37.0 Å². The molecule has 2 aromatic carbocycles. The minimum Gasteiger partial charge on any atom is -0.444 e. The summed E-state index contributed by atoms with van der Waals surface area (Å²) in [7, 11) is 1.93. The van der Waals surface area contributed by atoms with E-state index in [0.717, 1.165) is 24.0 Å². The lowest BCUT2D eigenvalue weighted by Gasteiger charge is -2.36. The molecule has 10 heteroatoms. The average Bonchev–Trinajstić information content (AvgIpc) is 2.98. The Labute approximate surface area is 273 Å². The molecule has 1 saturated heterocycles. The molecular weight excluding hydrogens is 592 g/mol. The van der Waals surface area contributed by atoms with Crippen molar-refractivity contribution in [3.8, 4) is 0 Å². The lowest BCUT2D eigenvalue weighted by atomic mass is 9.88. The third kappa shape index (κ3) is 11.9. The molecule has 4 N–H and O–H groups in total. The number of nitrogens with one attached hydrogen (secondary N) is 3. The summed E-state index contributed by atoms with van der Waals surface area (Å²) in [4.78, 5) is 42.3. The van der Waals surface area contributed by atoms with Crippen molar-refractivity contribution in [1.29, 1.82) is 0 Å². The predicted octanol–water partition coefficient (Wildman–Crippen LogP) is 4.74. The fourth-order valence-corrected chi connectivity index (χ4v) is 5.88. The number of nitrogens with zero attached hydrogens (tertiary/aromatic N) is 1. The van der Waals surface area contributed by atoms with Crippen LogP contribution < -0.4 is 16.0 Å². The first-order chi connectivity index (χ1) is 21.3. The van der Waals surface area contributed by atoms with Crippen molar-refractivity contribution < 1.29 is 24.2 Å². The molecule has 1 fully saturated rings. The highest BCUT2D eigenvalue weighted by molar-refractivity contribution is 6.30. The molecule has 0 saturated carbocycles. The molecule has 1 aliphatic heterocycles. The van der Waals surface area contributed by atoms with Gasteiger partial charge in [-0.15, -0.1) is 0 Å². The van der Waals surface area contributed by atoms with Crippen LogP contribution in [0, 0.1) is 11.8 Å². The lowest BCUT2D eigenvalue weighted by molar-refractivity contribution is -0.139. The van der Waals surface area contributed by atoms with Crippen molar-refractivity contribution in [3.63, 3.8) is 0 Å². The maximum absolute atomic E-state index is 14.0. The molecule has 45 heavy (non-hydrogen) atoms. The third-order valence-electron chi connectivity index (χ3n) is 8.18. The zero-order valence-electron chi connectivity index (χ0n) is 27.5. The summed E-state index contributed by atoms with van der Waals surface area (Å²) in [5.41, 5.74) is 1.03. The van der Waals surface area contributed by atoms with Crippen LogP contribution in [-0.4, -0.2) is 77.9 Å². The Hall–Kier alpha value is -3.14. The van der Waals surface area contributed by atoms with Crippen LogP contribution in [0.2, 0.25) is 5.02 Å². The first-order valence-electron chi connectivity index (χ1n) is 16.0. The quantitative estimate of drug-likeness (QED) is 0.251. The van der Waals surface area contributed by atoms with Crippen LogP contribution in [0.1, 0.15) is 65.0 Å². The second-order valence-corrected chi connectivity index (χ2v) is 13.8. The maximum atomic E-state index is 14.0. The zero-order valence-corrected chi connectivity index (χ0v) is 28.3. The Kier molecular flexibility index (Phi) is 13.7. The standard InChI is InChI=1S/C35H51ClN4O5/c1-23(2)31(33(43)40-17-15-28(37-6)16-18-40)39-32(42)26(19-25-13-10-14-27(36)20-25)22-30(41)29(21-24-11-8-7-9-12-24)38-34(44)45-35(3,4)5/h7-14,20,23,26,28-31,37,41H,15-19,21-22H2,1-6H3,(H,38,44)(H,39,42). The van der Waals surface area contributed by atoms with Crippen LogP contribution in [0.5, 0.6) is 0 Å². The number of hydrogen-bond acceptors (Lipinski definition) is 6. The summed E-state index contributed by atoms with van der Waals surface area (Å²) < 4.78 is 5.49. The van der Waals surface area contributed by atoms with Crippen LogP contribution in [-0.2, 0) is 27.2 Å². The molecule has 0 radical (unpaired) electrons. The Morgan fingerprint density at radius 1 is 0.978 bits per heavy atom. The van der Waals surface area contributed by atoms with E-state index in [1.807, 2.05) is 68.3 Å². The normalized spacial score (nSPS) is 16.9. The molecule has 248 valence electrons. The third-order valence-corrected chi connectivity index (χ3v) is 8.41. The number of likely N-dealkylation sites (tertiary alicyclic amines) is 1. The van der Waals surface area contributed by atoms with Gasteiger partial charge in [0.05, 0.1) is 12.1 Å². The first kappa shape index (κ1) is 36.3. The largest absolute Gasteiger partial charge is 0.444 e. The molecule has 1 aliphatic rings. The number of benzene rings is 2. The highest BCUT2D eigenvalue weighted by Crippen LogP contribution is 2.22. The predicted molar refractivity (Wildman–Crippen MR) is 178 cm³/mol. The highest BCUT2D eigenvalue weighted by Gasteiger charge is 2.35. The monoisotopic (exact) mass is 642 g/mol. The Morgan fingerprint density at radius 3 is 2.20 bits per heavy atom. The topological polar surface area (TPSA) is 120 Å². The number of hydrogen-bond donors (Lipinski definition) is 4. The van der Waals surface area contributed by atoms with Crippen molar-refractivity contribution in [2.24, 2.45) is 11.8 Å². The van der Waals surface area contributed by atoms with Crippen molar-refractivity contribution >= 4 is 29.5 Å². The Balaban J connectivity index is 1.84. The smallest absolute Gasteiger partial charge is 0.407 e. The van der Waals surface area contributed by atoms with Gasteiger partial charge in [0, 0.05) is 30.1 Å². The van der Waals surface area contributed by atoms with Gasteiger partial charge < -0.3 is 30.7 Å². The van der Waals surface area contributed by atoms with Gasteiger partial charge in [-0.2, -0.15) is 0 Å². The molecule has 9 nitrogen and oxygen atoms in total. The van der Waals surface area contributed by atoms with E-state index >= 15 is 0 Å². The summed E-state index contributed by atoms with van der Waals surface area (Å²) in [5, 5.41) is 21.3. The number of aliphatic hydroxyl groups excluding tert-OH is 1. The van der Waals surface area contributed by atoms with Crippen molar-refractivity contribution in [2.75, 3.05) is 20.1 Å². The SMILES string of the molecule is CNC1CCN(C(=O)C(NC(=O)C(Cc2cccc(Cl)c2)CC(O)C(Cc2ccccc2)NC(=O)OC(C)(C)C)C(C)C)CC1. The van der Waals surface area contributed by atoms with E-state index in [-0.39, 0.29) is 24.2 Å². The van der Waals surface area contributed by atoms with Gasteiger partial charge >= 0.3 is 6.09 Å². The van der Waals surface area contributed by atoms with Gasteiger partial charge in [-0.3, -0.25) is 9.59 Å². The highest BCUT2D eigenvalue weighted by atomic mass is 35.5. The number of aliphatic hydroxyl groups is 1. The molecule has 0 spiro atoms. The van der Waals surface area contributed by atoms with Crippen LogP contribution in [0.3, 0.4) is 0 Å². The molecule has 1 heterocycles. The Bertz CT molecular complexity index is 1240. The number of rotatable bonds is 13. The number of ether oxygens (including phenoxy) is 1. The van der Waals surface area contributed by atoms with Crippen LogP contribution in [0.15, 0.2) is 54.6 Å². The fraction of sp³-hybridized carbons (Fsp3) is 0.571. The van der Waals surface area contributed by atoms with Gasteiger partial charge in [-0.1, -0.05) is 67.9 Å². The number of alkyl carbamates (subject to hydrolysis) is 1. The minimum atomic E-state index is -1.10. The molecule has 3 rings (SSSR count). The fourth-order valence-electron chi connectivity index (χ4n) is 5.67. The minimum absolute atomic E-state index is 0.0399. The van der Waals surface area contributed by atoms with E-state index in [2.05, 4.69) is 16.0 Å². The molecule has 0 aromatic heterocycles. The van der Waals surface area contributed by atoms with E-state index in [9.17, 15) is 19.5 Å². The van der Waals surface area contributed by atoms with E-state index in [4.69, 9.17) is 16.3 Å². The summed E-state index contributed by atoms with van der Waals surface area (Å²) >= 11 is 6.27. The summed E-state index contributed by atoms with van der Waals surface area (Å²) in [6.07, 6.45) is 0.643. The molecule has 4 atom stereocenters. The second kappa shape index (κ2) is 17.0. The van der Waals surface area contributed by atoms with Crippen molar-refractivity contribution in [3.05, 3.63) is 70.7 Å². The average molecular weight is 643 g/mol. The van der Waals surface area contributed by atoms with Crippen LogP contribution >= 0.6 is 11.6 Å². The van der Waals surface area contributed by atoms with Gasteiger partial charge in [0.25, 0.3) is 0 Å². The maximum Gasteiger partial charge on any atom is 0.407 e. The van der Waals surface area contributed by atoms with E-state index in [1.165, 1.54) is 0 Å². The summed E-state index contributed by atoms with van der Waals surface area (Å²) in [5.74, 6) is -1.27. The molecular formula is C35H51ClN4O5. The number of carbonyl (C=O) groups excluding carboxylic acids is 3. The number of halogens is 1. The van der Waals surface area contributed by atoms with Gasteiger partial charge in [0.2, 0.25) is 11.8 Å². The number of piperidine rings is 1. The summed E-state index contributed by atoms with van der Waals surface area (Å²) in [6, 6.07) is 15.7. The van der Waals surface area contributed by atoms with E-state index < -0.39 is 35.8 Å². The first-order valence-corrected chi connectivity index (χ1v) is 16.4. The number of amides is 3. The summed E-state index contributed by atoms with van der Waals surface area (Å²) in [6.45, 7) is 10.4. The molecule has 4 unspecified atom stereocenters. The molecule has 3 amide bonds. The number of carbonyl (C=O) groups is 3. The molecule has 0 aliphatic carbocycles. The molecule has 2 aromatic rings. The lowest BCUT2D eigenvalue weighted by Crippen LogP contribution is -2.55. The van der Waals surface area contributed by atoms with Gasteiger partial charge in [0.1, 0.15) is 11.6 Å². The van der Waals surface area contributed by atoms with Gasteiger partial charge in [-0.05, 0) is 89.1 Å². The molecule has 0 bridgehead atoms. The van der Waals surface area contributed by atoms with Crippen molar-refractivity contribution in [1.82, 2.24) is 20.9 Å². The van der Waals surface area contributed by atoms with Gasteiger partial charge in [-0.25, -0.2) is 4.79 Å².